The van der Waals surface area contributed by atoms with E-state index in [0.29, 0.717) is 11.1 Å². The summed E-state index contributed by atoms with van der Waals surface area (Å²) in [6, 6.07) is 16.3. The normalized spacial score (nSPS) is 24.6. The van der Waals surface area contributed by atoms with Gasteiger partial charge in [0.05, 0.1) is 0 Å². The largest absolute Gasteiger partial charge is 0.289 e. The summed E-state index contributed by atoms with van der Waals surface area (Å²) in [6.07, 6.45) is 0. The number of nitrogens with one attached hydrogen (secondary N) is 1. The Morgan fingerprint density at radius 3 is 1.29 bits per heavy atom. The summed E-state index contributed by atoms with van der Waals surface area (Å²) in [6.45, 7) is 0. The van der Waals surface area contributed by atoms with Crippen LogP contribution in [0.15, 0.2) is 59.7 Å². The summed E-state index contributed by atoms with van der Waals surface area (Å²) < 4.78 is 0. The van der Waals surface area contributed by atoms with Gasteiger partial charge in [-0.3, -0.25) is 14.9 Å². The lowest BCUT2D eigenvalue weighted by atomic mass is 9.61. The van der Waals surface area contributed by atoms with Gasteiger partial charge in [0.2, 0.25) is 0 Å². The van der Waals surface area contributed by atoms with Gasteiger partial charge in [-0.15, -0.1) is 0 Å². The molecule has 21 heavy (non-hydrogen) atoms. The minimum absolute atomic E-state index is 0.108. The Kier molecular flexibility index (Phi) is 1.84. The summed E-state index contributed by atoms with van der Waals surface area (Å²) >= 11 is 0. The Morgan fingerprint density at radius 2 is 0.952 bits per heavy atom. The highest BCUT2D eigenvalue weighted by atomic mass is 16.2. The van der Waals surface area contributed by atoms with Crippen molar-refractivity contribution in [1.29, 1.82) is 0 Å². The molecule has 0 fully saturated rings. The first-order valence-electron chi connectivity index (χ1n) is 7.04. The van der Waals surface area contributed by atoms with Gasteiger partial charge < -0.3 is 0 Å². The van der Waals surface area contributed by atoms with Gasteiger partial charge in [-0.1, -0.05) is 48.5 Å². The van der Waals surface area contributed by atoms with Crippen molar-refractivity contribution in [2.24, 2.45) is 0 Å². The predicted octanol–water partition coefficient (Wildman–Crippen LogP) is 2.23. The number of benzene rings is 2. The van der Waals surface area contributed by atoms with Gasteiger partial charge in [0.25, 0.3) is 11.8 Å². The predicted molar refractivity (Wildman–Crippen MR) is 76.7 cm³/mol. The SMILES string of the molecule is O=C1NC(=O)C2=C1C1c3ccccc3C2c2ccccc21. The Morgan fingerprint density at radius 1 is 0.619 bits per heavy atom. The lowest BCUT2D eigenvalue weighted by molar-refractivity contribution is -0.124. The molecule has 0 saturated heterocycles. The molecule has 0 saturated carbocycles. The van der Waals surface area contributed by atoms with E-state index in [1.807, 2.05) is 24.3 Å². The highest BCUT2D eigenvalue weighted by Gasteiger charge is 2.50. The Labute approximate surface area is 121 Å². The van der Waals surface area contributed by atoms with Gasteiger partial charge in [-0.05, 0) is 22.3 Å². The lowest BCUT2D eigenvalue weighted by Crippen LogP contribution is -2.29. The average molecular weight is 273 g/mol. The molecule has 6 rings (SSSR count). The number of rotatable bonds is 0. The van der Waals surface area contributed by atoms with Gasteiger partial charge >= 0.3 is 0 Å². The van der Waals surface area contributed by atoms with Crippen LogP contribution in [-0.4, -0.2) is 11.8 Å². The van der Waals surface area contributed by atoms with Crippen molar-refractivity contribution < 1.29 is 9.59 Å². The van der Waals surface area contributed by atoms with E-state index in [-0.39, 0.29) is 23.7 Å². The number of hydrogen-bond acceptors (Lipinski definition) is 2. The number of carbonyl (C=O) groups is 2. The van der Waals surface area contributed by atoms with Gasteiger partial charge in [-0.2, -0.15) is 0 Å². The number of imide groups is 1. The van der Waals surface area contributed by atoms with Crippen LogP contribution in [-0.2, 0) is 9.59 Å². The summed E-state index contributed by atoms with van der Waals surface area (Å²) in [5.74, 6) is -0.671. The zero-order valence-corrected chi connectivity index (χ0v) is 11.1. The Hall–Kier alpha value is -2.68. The molecular weight excluding hydrogens is 262 g/mol. The third-order valence-corrected chi connectivity index (χ3v) is 4.82. The number of hydrogen-bond donors (Lipinski definition) is 1. The highest BCUT2D eigenvalue weighted by molar-refractivity contribution is 6.22. The van der Waals surface area contributed by atoms with E-state index in [1.54, 1.807) is 0 Å². The molecule has 3 nitrogen and oxygen atoms in total. The van der Waals surface area contributed by atoms with Crippen molar-refractivity contribution in [3.05, 3.63) is 81.9 Å². The van der Waals surface area contributed by atoms with Crippen LogP contribution in [0.4, 0.5) is 0 Å². The van der Waals surface area contributed by atoms with Crippen LogP contribution in [0.3, 0.4) is 0 Å². The second-order valence-electron chi connectivity index (χ2n) is 5.73. The fraction of sp³-hybridized carbons (Fsp3) is 0.111. The van der Waals surface area contributed by atoms with Crippen LogP contribution in [0.1, 0.15) is 34.1 Å². The molecule has 4 aliphatic rings. The molecule has 3 heteroatoms. The smallest absolute Gasteiger partial charge is 0.255 e. The van der Waals surface area contributed by atoms with E-state index in [9.17, 15) is 9.59 Å². The molecule has 2 amide bonds. The number of amides is 2. The molecular formula is C18H11NO2. The van der Waals surface area contributed by atoms with Crippen molar-refractivity contribution >= 4 is 11.8 Å². The molecule has 0 spiro atoms. The highest BCUT2D eigenvalue weighted by Crippen LogP contribution is 2.56. The molecule has 2 bridgehead atoms. The fourth-order valence-electron chi connectivity index (χ4n) is 4.09. The molecule has 0 atom stereocenters. The standard InChI is InChI=1S/C18H11NO2/c20-17-15-13-9-5-1-2-6-10(9)14(16(15)18(21)19-17)12-8-4-3-7-11(12)13/h1-8,13-14H,(H,19,20,21). The quantitative estimate of drug-likeness (QED) is 0.748. The maximum atomic E-state index is 12.2. The fourth-order valence-corrected chi connectivity index (χ4v) is 4.09. The first-order valence-corrected chi connectivity index (χ1v) is 7.04. The molecule has 1 N–H and O–H groups in total. The summed E-state index contributed by atoms with van der Waals surface area (Å²) in [7, 11) is 0. The second kappa shape index (κ2) is 3.50. The van der Waals surface area contributed by atoms with E-state index in [2.05, 4.69) is 29.6 Å². The second-order valence-corrected chi connectivity index (χ2v) is 5.73. The van der Waals surface area contributed by atoms with E-state index >= 15 is 0 Å². The van der Waals surface area contributed by atoms with Crippen LogP contribution in [0.25, 0.3) is 0 Å². The molecule has 1 aliphatic heterocycles. The third-order valence-electron chi connectivity index (χ3n) is 4.82. The van der Waals surface area contributed by atoms with Gasteiger partial charge in [0.1, 0.15) is 0 Å². The monoisotopic (exact) mass is 273 g/mol. The lowest BCUT2D eigenvalue weighted by Gasteiger charge is -2.39. The first kappa shape index (κ1) is 11.0. The third kappa shape index (κ3) is 1.16. The Bertz CT molecular complexity index is 761. The minimum Gasteiger partial charge on any atom is -0.289 e. The van der Waals surface area contributed by atoms with E-state index in [4.69, 9.17) is 0 Å². The van der Waals surface area contributed by atoms with E-state index in [0.717, 1.165) is 22.3 Å². The number of carbonyl (C=O) groups excluding carboxylic acids is 2. The van der Waals surface area contributed by atoms with Crippen LogP contribution < -0.4 is 5.32 Å². The summed E-state index contributed by atoms with van der Waals surface area (Å²) in [5.41, 5.74) is 5.94. The maximum absolute atomic E-state index is 12.2. The summed E-state index contributed by atoms with van der Waals surface area (Å²) in [5, 5.41) is 2.48. The van der Waals surface area contributed by atoms with E-state index in [1.165, 1.54) is 0 Å². The van der Waals surface area contributed by atoms with Gasteiger partial charge in [0, 0.05) is 23.0 Å². The van der Waals surface area contributed by atoms with Crippen molar-refractivity contribution in [3.8, 4) is 0 Å². The first-order chi connectivity index (χ1) is 10.3. The molecule has 2 aromatic carbocycles. The molecule has 100 valence electrons. The van der Waals surface area contributed by atoms with Crippen LogP contribution >= 0.6 is 0 Å². The summed E-state index contributed by atoms with van der Waals surface area (Å²) in [4.78, 5) is 24.5. The topological polar surface area (TPSA) is 46.2 Å². The van der Waals surface area contributed by atoms with Crippen LogP contribution in [0, 0.1) is 0 Å². The zero-order chi connectivity index (χ0) is 14.1. The Balaban J connectivity index is 1.92. The molecule has 3 aliphatic carbocycles. The maximum Gasteiger partial charge on any atom is 0.255 e. The average Bonchev–Trinajstić information content (AvgIpc) is 2.83. The van der Waals surface area contributed by atoms with Crippen molar-refractivity contribution in [2.45, 2.75) is 11.8 Å². The van der Waals surface area contributed by atoms with Gasteiger partial charge in [-0.25, -0.2) is 0 Å². The van der Waals surface area contributed by atoms with Crippen molar-refractivity contribution in [1.82, 2.24) is 5.32 Å². The zero-order valence-electron chi connectivity index (χ0n) is 11.1. The van der Waals surface area contributed by atoms with Crippen LogP contribution in [0.2, 0.25) is 0 Å². The minimum atomic E-state index is -0.228. The van der Waals surface area contributed by atoms with Crippen molar-refractivity contribution in [2.75, 3.05) is 0 Å². The molecule has 2 aromatic rings. The van der Waals surface area contributed by atoms with E-state index < -0.39 is 0 Å². The molecule has 0 radical (unpaired) electrons. The molecule has 0 aromatic heterocycles. The van der Waals surface area contributed by atoms with Crippen molar-refractivity contribution in [3.63, 3.8) is 0 Å². The van der Waals surface area contributed by atoms with Crippen LogP contribution in [0.5, 0.6) is 0 Å². The molecule has 1 heterocycles. The van der Waals surface area contributed by atoms with Gasteiger partial charge in [0.15, 0.2) is 0 Å². The molecule has 0 unspecified atom stereocenters.